The summed E-state index contributed by atoms with van der Waals surface area (Å²) in [6, 6.07) is 15.9. The van der Waals surface area contributed by atoms with Gasteiger partial charge in [-0.05, 0) is 47.5 Å². The second-order valence-electron chi connectivity index (χ2n) is 6.57. The molecule has 0 heterocycles. The Labute approximate surface area is 184 Å². The Hall–Kier alpha value is -4.46. The Morgan fingerprint density at radius 1 is 0.688 bits per heavy atom. The highest BCUT2D eigenvalue weighted by Crippen LogP contribution is 2.28. The first kappa shape index (κ1) is 22.2. The van der Waals surface area contributed by atoms with Gasteiger partial charge in [0.1, 0.15) is 22.9 Å². The van der Waals surface area contributed by atoms with E-state index in [1.807, 2.05) is 24.3 Å². The number of rotatable bonds is 6. The maximum absolute atomic E-state index is 11.5. The number of hydrogen-bond acceptors (Lipinski definition) is 8. The van der Waals surface area contributed by atoms with E-state index in [1.165, 1.54) is 50.6 Å². The predicted molar refractivity (Wildman–Crippen MR) is 120 cm³/mol. The molecule has 3 aromatic carbocycles. The topological polar surface area (TPSA) is 118 Å². The minimum Gasteiger partial charge on any atom is -0.506 e. The predicted octanol–water partition coefficient (Wildman–Crippen LogP) is 4.17. The van der Waals surface area contributed by atoms with Crippen LogP contribution in [0.1, 0.15) is 31.8 Å². The Kier molecular flexibility index (Phi) is 6.97. The van der Waals surface area contributed by atoms with E-state index in [0.29, 0.717) is 11.4 Å². The first-order chi connectivity index (χ1) is 15.4. The maximum atomic E-state index is 11.5. The molecule has 0 atom stereocenters. The highest BCUT2D eigenvalue weighted by molar-refractivity contribution is 5.92. The number of hydrogen-bond donors (Lipinski definition) is 2. The van der Waals surface area contributed by atoms with Gasteiger partial charge in [0, 0.05) is 12.4 Å². The van der Waals surface area contributed by atoms with Gasteiger partial charge in [0.15, 0.2) is 0 Å². The van der Waals surface area contributed by atoms with Crippen molar-refractivity contribution in [1.82, 2.24) is 0 Å². The molecule has 0 aromatic heterocycles. The first-order valence-electron chi connectivity index (χ1n) is 9.42. The number of benzene rings is 3. The lowest BCUT2D eigenvalue weighted by molar-refractivity contribution is 0.0591. The van der Waals surface area contributed by atoms with Crippen molar-refractivity contribution in [2.24, 2.45) is 9.98 Å². The molecule has 3 aromatic rings. The van der Waals surface area contributed by atoms with Crippen LogP contribution in [-0.4, -0.2) is 48.8 Å². The molecule has 0 bridgehead atoms. The molecule has 0 aliphatic carbocycles. The number of esters is 2. The lowest BCUT2D eigenvalue weighted by Crippen LogP contribution is -2.00. The van der Waals surface area contributed by atoms with Crippen LogP contribution < -0.4 is 0 Å². The SMILES string of the molecule is COC(=O)c1ccc(N=Cc2ccc(C=Nc3ccc(C(=O)OC)cc3O)cc2)c(O)c1. The fourth-order valence-corrected chi connectivity index (χ4v) is 2.71. The fraction of sp³-hybridized carbons (Fsp3) is 0.0833. The first-order valence-corrected chi connectivity index (χ1v) is 9.42. The number of carbonyl (C=O) groups is 2. The molecule has 162 valence electrons. The highest BCUT2D eigenvalue weighted by atomic mass is 16.5. The number of ether oxygens (including phenoxy) is 2. The molecule has 2 N–H and O–H groups in total. The molecule has 0 saturated carbocycles. The number of methoxy groups -OCH3 is 2. The van der Waals surface area contributed by atoms with Gasteiger partial charge in [-0.15, -0.1) is 0 Å². The third kappa shape index (κ3) is 5.37. The average molecular weight is 432 g/mol. The third-order valence-corrected chi connectivity index (χ3v) is 4.43. The van der Waals surface area contributed by atoms with Crippen LogP contribution in [0.2, 0.25) is 0 Å². The van der Waals surface area contributed by atoms with Gasteiger partial charge in [-0.3, -0.25) is 9.98 Å². The number of phenols is 2. The minimum atomic E-state index is -0.541. The molecule has 0 aliphatic rings. The molecule has 0 saturated heterocycles. The smallest absolute Gasteiger partial charge is 0.337 e. The van der Waals surface area contributed by atoms with Crippen LogP contribution in [0, 0.1) is 0 Å². The summed E-state index contributed by atoms with van der Waals surface area (Å²) in [7, 11) is 2.53. The molecule has 0 amide bonds. The summed E-state index contributed by atoms with van der Waals surface area (Å²) < 4.78 is 9.23. The zero-order valence-electron chi connectivity index (χ0n) is 17.4. The van der Waals surface area contributed by atoms with Gasteiger partial charge in [0.25, 0.3) is 0 Å². The van der Waals surface area contributed by atoms with Gasteiger partial charge in [-0.2, -0.15) is 0 Å². The summed E-state index contributed by atoms with van der Waals surface area (Å²) in [6.45, 7) is 0. The van der Waals surface area contributed by atoms with E-state index >= 15 is 0 Å². The summed E-state index contributed by atoms with van der Waals surface area (Å²) in [5, 5.41) is 20.1. The Bertz CT molecular complexity index is 1110. The maximum Gasteiger partial charge on any atom is 0.337 e. The van der Waals surface area contributed by atoms with Gasteiger partial charge in [0.2, 0.25) is 0 Å². The Morgan fingerprint density at radius 3 is 1.38 bits per heavy atom. The largest absolute Gasteiger partial charge is 0.506 e. The van der Waals surface area contributed by atoms with Crippen molar-refractivity contribution in [1.29, 1.82) is 0 Å². The van der Waals surface area contributed by atoms with Gasteiger partial charge >= 0.3 is 11.9 Å². The van der Waals surface area contributed by atoms with Crippen molar-refractivity contribution < 1.29 is 29.3 Å². The Morgan fingerprint density at radius 2 is 1.06 bits per heavy atom. The van der Waals surface area contributed by atoms with Gasteiger partial charge < -0.3 is 19.7 Å². The van der Waals surface area contributed by atoms with Crippen molar-refractivity contribution in [2.45, 2.75) is 0 Å². The van der Waals surface area contributed by atoms with Crippen LogP contribution in [0.5, 0.6) is 11.5 Å². The van der Waals surface area contributed by atoms with Crippen LogP contribution >= 0.6 is 0 Å². The second kappa shape index (κ2) is 10.0. The number of carbonyl (C=O) groups excluding carboxylic acids is 2. The summed E-state index contributed by atoms with van der Waals surface area (Å²) in [5.74, 6) is -1.35. The van der Waals surface area contributed by atoms with Crippen molar-refractivity contribution in [3.05, 3.63) is 82.9 Å². The van der Waals surface area contributed by atoms with E-state index in [4.69, 9.17) is 0 Å². The van der Waals surface area contributed by atoms with Crippen molar-refractivity contribution in [3.63, 3.8) is 0 Å². The molecule has 3 rings (SSSR count). The highest BCUT2D eigenvalue weighted by Gasteiger charge is 2.09. The van der Waals surface area contributed by atoms with Crippen LogP contribution in [0.4, 0.5) is 11.4 Å². The summed E-state index contributed by atoms with van der Waals surface area (Å²) >= 11 is 0. The number of aliphatic imine (C=N–C) groups is 2. The third-order valence-electron chi connectivity index (χ3n) is 4.43. The van der Waals surface area contributed by atoms with E-state index in [-0.39, 0.29) is 22.6 Å². The van der Waals surface area contributed by atoms with Gasteiger partial charge in [0.05, 0.1) is 25.3 Å². The molecule has 0 fully saturated rings. The summed E-state index contributed by atoms with van der Waals surface area (Å²) in [4.78, 5) is 31.5. The van der Waals surface area contributed by atoms with E-state index in [1.54, 1.807) is 12.4 Å². The molecule has 0 spiro atoms. The van der Waals surface area contributed by atoms with Crippen LogP contribution in [0.3, 0.4) is 0 Å². The number of phenolic OH excluding ortho intramolecular Hbond substituents is 2. The van der Waals surface area contributed by atoms with Crippen LogP contribution in [-0.2, 0) is 9.47 Å². The van der Waals surface area contributed by atoms with E-state index in [0.717, 1.165) is 11.1 Å². The van der Waals surface area contributed by atoms with E-state index in [9.17, 15) is 19.8 Å². The van der Waals surface area contributed by atoms with Crippen LogP contribution in [0.25, 0.3) is 0 Å². The number of nitrogens with zero attached hydrogens (tertiary/aromatic N) is 2. The molecule has 0 unspecified atom stereocenters. The summed E-state index contributed by atoms with van der Waals surface area (Å²) in [5.41, 5.74) is 2.66. The quantitative estimate of drug-likeness (QED) is 0.446. The fourth-order valence-electron chi connectivity index (χ4n) is 2.71. The molecular formula is C24H20N2O6. The molecule has 32 heavy (non-hydrogen) atoms. The Balaban J connectivity index is 1.69. The monoisotopic (exact) mass is 432 g/mol. The van der Waals surface area contributed by atoms with Crippen molar-refractivity contribution in [2.75, 3.05) is 14.2 Å². The van der Waals surface area contributed by atoms with Crippen molar-refractivity contribution in [3.8, 4) is 11.5 Å². The van der Waals surface area contributed by atoms with E-state index < -0.39 is 11.9 Å². The second-order valence-corrected chi connectivity index (χ2v) is 6.57. The average Bonchev–Trinajstić information content (AvgIpc) is 2.82. The molecule has 8 heteroatoms. The molecule has 0 aliphatic heterocycles. The molecular weight excluding hydrogens is 412 g/mol. The zero-order valence-corrected chi connectivity index (χ0v) is 17.4. The van der Waals surface area contributed by atoms with Gasteiger partial charge in [-0.25, -0.2) is 9.59 Å². The zero-order chi connectivity index (χ0) is 23.1. The lowest BCUT2D eigenvalue weighted by Gasteiger charge is -2.03. The normalized spacial score (nSPS) is 11.1. The van der Waals surface area contributed by atoms with E-state index in [2.05, 4.69) is 19.5 Å². The molecule has 0 radical (unpaired) electrons. The summed E-state index contributed by atoms with van der Waals surface area (Å²) in [6.07, 6.45) is 3.15. The number of aromatic hydroxyl groups is 2. The minimum absolute atomic E-state index is 0.133. The van der Waals surface area contributed by atoms with Gasteiger partial charge in [-0.1, -0.05) is 24.3 Å². The molecule has 8 nitrogen and oxygen atoms in total. The standard InChI is InChI=1S/C24H20N2O6/c1-31-23(29)17-7-9-19(21(27)11-17)25-13-15-3-5-16(6-4-15)14-26-20-10-8-18(12-22(20)28)24(30)32-2/h3-14,27-28H,1-2H3. The van der Waals surface area contributed by atoms with Crippen LogP contribution in [0.15, 0.2) is 70.6 Å². The lowest BCUT2D eigenvalue weighted by atomic mass is 10.1. The van der Waals surface area contributed by atoms with Crippen molar-refractivity contribution >= 4 is 35.7 Å².